The van der Waals surface area contributed by atoms with Crippen LogP contribution in [-0.2, 0) is 6.42 Å². The molecular weight excluding hydrogens is 446 g/mol. The van der Waals surface area contributed by atoms with Gasteiger partial charge in [0.25, 0.3) is 0 Å². The number of fused-ring (bicyclic) bond motifs is 2. The maximum atomic E-state index is 6.36. The lowest BCUT2D eigenvalue weighted by Gasteiger charge is -2.36. The van der Waals surface area contributed by atoms with Crippen molar-refractivity contribution in [2.45, 2.75) is 29.1 Å². The summed E-state index contributed by atoms with van der Waals surface area (Å²) in [4.78, 5) is 10.4. The van der Waals surface area contributed by atoms with E-state index in [9.17, 15) is 0 Å². The summed E-state index contributed by atoms with van der Waals surface area (Å²) in [7, 11) is 0. The fourth-order valence-corrected chi connectivity index (χ4v) is 6.13. The molecule has 0 amide bonds. The Kier molecular flexibility index (Phi) is 7.57. The van der Waals surface area contributed by atoms with E-state index in [0.29, 0.717) is 0 Å². The van der Waals surface area contributed by atoms with E-state index in [1.165, 1.54) is 72.3 Å². The monoisotopic (exact) mass is 477 g/mol. The van der Waals surface area contributed by atoms with E-state index in [1.54, 1.807) is 0 Å². The lowest BCUT2D eigenvalue weighted by Crippen LogP contribution is -2.47. The van der Waals surface area contributed by atoms with E-state index >= 15 is 0 Å². The Labute approximate surface area is 207 Å². The standard InChI is InChI=1S/C28H32ClN3S/c29-24-13-14-28-26(22-24)32(25-11-4-5-12-27(25)33-28)17-7-16-31-20-18-30(19-21-31)15-6-10-23-8-2-1-3-9-23/h1-5,8-9,11-14,22H,6-7,10,15-21H2. The van der Waals surface area contributed by atoms with Crippen LogP contribution in [0.2, 0.25) is 5.02 Å². The number of benzene rings is 3. The predicted octanol–water partition coefficient (Wildman–Crippen LogP) is 6.58. The van der Waals surface area contributed by atoms with Crippen molar-refractivity contribution in [1.29, 1.82) is 0 Å². The Balaban J connectivity index is 1.10. The van der Waals surface area contributed by atoms with E-state index in [1.807, 2.05) is 17.8 Å². The number of aryl methyl sites for hydroxylation is 1. The van der Waals surface area contributed by atoms with Crippen molar-refractivity contribution in [2.24, 2.45) is 0 Å². The van der Waals surface area contributed by atoms with Gasteiger partial charge in [-0.25, -0.2) is 0 Å². The molecule has 2 heterocycles. The van der Waals surface area contributed by atoms with E-state index in [-0.39, 0.29) is 0 Å². The molecule has 1 fully saturated rings. The van der Waals surface area contributed by atoms with Gasteiger partial charge in [-0.2, -0.15) is 0 Å². The van der Waals surface area contributed by atoms with Crippen LogP contribution >= 0.6 is 23.4 Å². The number of para-hydroxylation sites is 1. The average Bonchev–Trinajstić information content (AvgIpc) is 2.85. The van der Waals surface area contributed by atoms with Gasteiger partial charge in [-0.05, 0) is 68.2 Å². The molecule has 3 aromatic rings. The molecule has 3 nitrogen and oxygen atoms in total. The molecule has 5 rings (SSSR count). The summed E-state index contributed by atoms with van der Waals surface area (Å²) in [5.41, 5.74) is 4.01. The van der Waals surface area contributed by atoms with Crippen LogP contribution in [0.5, 0.6) is 0 Å². The third-order valence-corrected chi connectivity index (χ3v) is 8.06. The van der Waals surface area contributed by atoms with Crippen molar-refractivity contribution >= 4 is 34.7 Å². The molecule has 2 aliphatic heterocycles. The van der Waals surface area contributed by atoms with Crippen molar-refractivity contribution in [3.63, 3.8) is 0 Å². The maximum absolute atomic E-state index is 6.36. The molecule has 0 bridgehead atoms. The van der Waals surface area contributed by atoms with Crippen molar-refractivity contribution in [2.75, 3.05) is 50.7 Å². The fraction of sp³-hybridized carbons (Fsp3) is 0.357. The quantitative estimate of drug-likeness (QED) is 0.362. The molecule has 0 N–H and O–H groups in total. The van der Waals surface area contributed by atoms with Crippen molar-refractivity contribution in [1.82, 2.24) is 9.80 Å². The summed E-state index contributed by atoms with van der Waals surface area (Å²) in [5, 5.41) is 0.808. The van der Waals surface area contributed by atoms with Crippen LogP contribution in [0.25, 0.3) is 0 Å². The maximum Gasteiger partial charge on any atom is 0.0567 e. The zero-order valence-corrected chi connectivity index (χ0v) is 20.7. The summed E-state index contributed by atoms with van der Waals surface area (Å²) < 4.78 is 0. The first kappa shape index (κ1) is 22.8. The van der Waals surface area contributed by atoms with Crippen LogP contribution in [0.1, 0.15) is 18.4 Å². The zero-order valence-electron chi connectivity index (χ0n) is 19.1. The fourth-order valence-electron chi connectivity index (χ4n) is 4.88. The van der Waals surface area contributed by atoms with Crippen LogP contribution in [0.3, 0.4) is 0 Å². The Bertz CT molecular complexity index is 1050. The molecule has 5 heteroatoms. The van der Waals surface area contributed by atoms with Gasteiger partial charge in [-0.1, -0.05) is 65.8 Å². The molecule has 1 saturated heterocycles. The lowest BCUT2D eigenvalue weighted by atomic mass is 10.1. The number of halogens is 1. The van der Waals surface area contributed by atoms with Crippen LogP contribution in [0.15, 0.2) is 82.6 Å². The summed E-state index contributed by atoms with van der Waals surface area (Å²) in [6, 6.07) is 25.9. The topological polar surface area (TPSA) is 9.72 Å². The molecule has 0 aromatic heterocycles. The summed E-state index contributed by atoms with van der Waals surface area (Å²) in [5.74, 6) is 0. The predicted molar refractivity (Wildman–Crippen MR) is 141 cm³/mol. The minimum atomic E-state index is 0.808. The molecular formula is C28H32ClN3S. The molecule has 172 valence electrons. The van der Waals surface area contributed by atoms with E-state index in [2.05, 4.69) is 81.4 Å². The average molecular weight is 478 g/mol. The minimum absolute atomic E-state index is 0.808. The van der Waals surface area contributed by atoms with Gasteiger partial charge in [0.1, 0.15) is 0 Å². The number of piperazine rings is 1. The van der Waals surface area contributed by atoms with Crippen molar-refractivity contribution in [3.8, 4) is 0 Å². The first-order valence-corrected chi connectivity index (χ1v) is 13.3. The normalized spacial score (nSPS) is 16.5. The number of hydrogen-bond donors (Lipinski definition) is 0. The van der Waals surface area contributed by atoms with Gasteiger partial charge in [0.05, 0.1) is 11.4 Å². The van der Waals surface area contributed by atoms with Crippen LogP contribution in [-0.4, -0.2) is 55.6 Å². The minimum Gasteiger partial charge on any atom is -0.340 e. The van der Waals surface area contributed by atoms with Gasteiger partial charge >= 0.3 is 0 Å². The number of nitrogens with zero attached hydrogens (tertiary/aromatic N) is 3. The van der Waals surface area contributed by atoms with E-state index in [0.717, 1.165) is 24.5 Å². The highest BCUT2D eigenvalue weighted by atomic mass is 35.5. The van der Waals surface area contributed by atoms with Crippen molar-refractivity contribution < 1.29 is 0 Å². The molecule has 3 aromatic carbocycles. The second kappa shape index (κ2) is 11.0. The van der Waals surface area contributed by atoms with Gasteiger partial charge < -0.3 is 14.7 Å². The summed E-state index contributed by atoms with van der Waals surface area (Å²) in [6.45, 7) is 8.12. The number of anilines is 2. The highest BCUT2D eigenvalue weighted by Gasteiger charge is 2.24. The molecule has 0 spiro atoms. The second-order valence-electron chi connectivity index (χ2n) is 8.96. The largest absolute Gasteiger partial charge is 0.340 e. The highest BCUT2D eigenvalue weighted by Crippen LogP contribution is 2.48. The molecule has 0 saturated carbocycles. The van der Waals surface area contributed by atoms with Gasteiger partial charge in [-0.3, -0.25) is 0 Å². The zero-order chi connectivity index (χ0) is 22.5. The Hall–Kier alpha value is -1.98. The Morgan fingerprint density at radius 1 is 0.667 bits per heavy atom. The van der Waals surface area contributed by atoms with Crippen LogP contribution in [0, 0.1) is 0 Å². The van der Waals surface area contributed by atoms with Crippen molar-refractivity contribution in [3.05, 3.63) is 83.4 Å². The van der Waals surface area contributed by atoms with Crippen LogP contribution in [0.4, 0.5) is 11.4 Å². The second-order valence-corrected chi connectivity index (χ2v) is 10.5. The number of hydrogen-bond acceptors (Lipinski definition) is 4. The molecule has 0 unspecified atom stereocenters. The SMILES string of the molecule is Clc1ccc2c(c1)N(CCCN1CCN(CCCc3ccccc3)CC1)c1ccccc1S2. The summed E-state index contributed by atoms with van der Waals surface area (Å²) >= 11 is 8.21. The lowest BCUT2D eigenvalue weighted by molar-refractivity contribution is 0.131. The first-order valence-electron chi connectivity index (χ1n) is 12.1. The van der Waals surface area contributed by atoms with Gasteiger partial charge in [0.2, 0.25) is 0 Å². The third-order valence-electron chi connectivity index (χ3n) is 6.69. The van der Waals surface area contributed by atoms with E-state index < -0.39 is 0 Å². The van der Waals surface area contributed by atoms with Gasteiger partial charge in [0, 0.05) is 47.5 Å². The number of rotatable bonds is 8. The molecule has 0 aliphatic carbocycles. The third kappa shape index (κ3) is 5.75. The Morgan fingerprint density at radius 2 is 1.33 bits per heavy atom. The van der Waals surface area contributed by atoms with E-state index in [4.69, 9.17) is 11.6 Å². The molecule has 0 atom stereocenters. The highest BCUT2D eigenvalue weighted by molar-refractivity contribution is 7.99. The van der Waals surface area contributed by atoms with Gasteiger partial charge in [0.15, 0.2) is 0 Å². The van der Waals surface area contributed by atoms with Gasteiger partial charge in [-0.15, -0.1) is 0 Å². The first-order chi connectivity index (χ1) is 16.3. The molecule has 0 radical (unpaired) electrons. The smallest absolute Gasteiger partial charge is 0.0567 e. The Morgan fingerprint density at radius 3 is 2.12 bits per heavy atom. The molecule has 33 heavy (non-hydrogen) atoms. The van der Waals surface area contributed by atoms with Crippen LogP contribution < -0.4 is 4.90 Å². The molecule has 2 aliphatic rings. The summed E-state index contributed by atoms with van der Waals surface area (Å²) in [6.07, 6.45) is 3.58.